The normalized spacial score (nSPS) is 27.1. The average molecular weight is 461 g/mol. The molecule has 168 valence electrons. The zero-order chi connectivity index (χ0) is 21.9. The van der Waals surface area contributed by atoms with Crippen LogP contribution >= 0.6 is 23.4 Å². The second-order valence-corrected chi connectivity index (χ2v) is 9.13. The maximum absolute atomic E-state index is 10.9. The molecule has 0 spiro atoms. The van der Waals surface area contributed by atoms with Crippen LogP contribution in [0.1, 0.15) is 40.5 Å². The number of halogens is 1. The summed E-state index contributed by atoms with van der Waals surface area (Å²) in [6.07, 6.45) is 0.875. The topological polar surface area (TPSA) is 118 Å². The van der Waals surface area contributed by atoms with Gasteiger partial charge in [-0.3, -0.25) is 4.79 Å². The number of rotatable bonds is 9. The van der Waals surface area contributed by atoms with Gasteiger partial charge in [-0.15, -0.1) is 0 Å². The zero-order valence-corrected chi connectivity index (χ0v) is 19.2. The fourth-order valence-corrected chi connectivity index (χ4v) is 4.51. The van der Waals surface area contributed by atoms with Gasteiger partial charge >= 0.3 is 5.97 Å². The lowest BCUT2D eigenvalue weighted by molar-refractivity contribution is -0.168. The van der Waals surface area contributed by atoms with Gasteiger partial charge in [0.15, 0.2) is 21.9 Å². The van der Waals surface area contributed by atoms with Crippen molar-refractivity contribution < 1.29 is 23.7 Å². The van der Waals surface area contributed by atoms with Crippen LogP contribution < -0.4 is 11.1 Å². The van der Waals surface area contributed by atoms with E-state index in [9.17, 15) is 4.79 Å². The summed E-state index contributed by atoms with van der Waals surface area (Å²) in [5, 5.41) is 4.17. The maximum atomic E-state index is 10.9. The third-order valence-corrected chi connectivity index (χ3v) is 6.11. The molecule has 1 saturated heterocycles. The van der Waals surface area contributed by atoms with E-state index in [4.69, 9.17) is 36.3 Å². The minimum Gasteiger partial charge on any atom is -0.463 e. The van der Waals surface area contributed by atoms with Crippen molar-refractivity contribution in [3.05, 3.63) is 5.15 Å². The van der Waals surface area contributed by atoms with Crippen LogP contribution in [0.3, 0.4) is 0 Å². The molecular formula is C19H29ClN4O5S. The number of nitrogens with zero attached hydrogens (tertiary/aromatic N) is 2. The largest absolute Gasteiger partial charge is 0.463 e. The first-order valence-corrected chi connectivity index (χ1v) is 11.4. The standard InChI is InChI=1S/C19H29ClN4O5S/c1-5-8-30-18-23-16(20)13(21)17(24-18)22-11-9-12(27-7-6-26-10(2)25)15-14(11)28-19(3,4)29-15/h11-12,14-15H,5-9,21H2,1-4H3,(H,22,23,24)/t11-,12+,14?,15-/m1/s1. The molecule has 3 N–H and O–H groups in total. The molecule has 1 aliphatic carbocycles. The summed E-state index contributed by atoms with van der Waals surface area (Å²) in [7, 11) is 0. The van der Waals surface area contributed by atoms with Gasteiger partial charge in [-0.1, -0.05) is 30.3 Å². The molecule has 0 amide bonds. The van der Waals surface area contributed by atoms with Crippen molar-refractivity contribution in [2.75, 3.05) is 30.0 Å². The molecule has 11 heteroatoms. The van der Waals surface area contributed by atoms with Crippen LogP contribution in [-0.2, 0) is 23.7 Å². The van der Waals surface area contributed by atoms with Gasteiger partial charge in [0, 0.05) is 12.7 Å². The Kier molecular flexibility index (Phi) is 7.67. The molecule has 1 aromatic heterocycles. The zero-order valence-electron chi connectivity index (χ0n) is 17.6. The summed E-state index contributed by atoms with van der Waals surface area (Å²) in [6, 6.07) is -0.146. The smallest absolute Gasteiger partial charge is 0.302 e. The highest BCUT2D eigenvalue weighted by molar-refractivity contribution is 7.99. The fourth-order valence-electron chi connectivity index (χ4n) is 3.59. The van der Waals surface area contributed by atoms with Gasteiger partial charge in [0.1, 0.15) is 24.5 Å². The lowest BCUT2D eigenvalue weighted by Crippen LogP contribution is -2.35. The number of aromatic nitrogens is 2. The van der Waals surface area contributed by atoms with Gasteiger partial charge in [0.05, 0.1) is 18.8 Å². The number of esters is 1. The van der Waals surface area contributed by atoms with Crippen LogP contribution in [0.2, 0.25) is 5.15 Å². The molecule has 2 fully saturated rings. The third-order valence-electron chi connectivity index (χ3n) is 4.77. The quantitative estimate of drug-likeness (QED) is 0.187. The van der Waals surface area contributed by atoms with E-state index in [1.807, 2.05) is 13.8 Å². The van der Waals surface area contributed by atoms with Crippen molar-refractivity contribution in [1.29, 1.82) is 0 Å². The summed E-state index contributed by atoms with van der Waals surface area (Å²) >= 11 is 7.75. The number of carbonyl (C=O) groups is 1. The molecule has 0 aromatic carbocycles. The summed E-state index contributed by atoms with van der Waals surface area (Å²) in [4.78, 5) is 19.7. The van der Waals surface area contributed by atoms with Crippen molar-refractivity contribution in [1.82, 2.24) is 9.97 Å². The number of ether oxygens (including phenoxy) is 4. The van der Waals surface area contributed by atoms with Crippen LogP contribution in [0, 0.1) is 0 Å². The molecule has 1 aromatic rings. The molecule has 1 saturated carbocycles. The number of nitrogen functional groups attached to an aromatic ring is 1. The van der Waals surface area contributed by atoms with Crippen molar-refractivity contribution in [3.63, 3.8) is 0 Å². The van der Waals surface area contributed by atoms with Crippen LogP contribution in [0.15, 0.2) is 5.16 Å². The predicted octanol–water partition coefficient (Wildman–Crippen LogP) is 2.87. The maximum Gasteiger partial charge on any atom is 0.302 e. The Morgan fingerprint density at radius 2 is 2.07 bits per heavy atom. The van der Waals surface area contributed by atoms with Crippen molar-refractivity contribution >= 4 is 40.8 Å². The van der Waals surface area contributed by atoms with E-state index >= 15 is 0 Å². The number of thioether (sulfide) groups is 1. The first-order valence-electron chi connectivity index (χ1n) is 10.0. The highest BCUT2D eigenvalue weighted by atomic mass is 35.5. The minimum absolute atomic E-state index is 0.146. The number of anilines is 2. The van der Waals surface area contributed by atoms with Crippen LogP contribution in [-0.4, -0.2) is 65.0 Å². The van der Waals surface area contributed by atoms with E-state index < -0.39 is 5.79 Å². The number of hydrogen-bond acceptors (Lipinski definition) is 10. The van der Waals surface area contributed by atoms with E-state index in [0.717, 1.165) is 12.2 Å². The summed E-state index contributed by atoms with van der Waals surface area (Å²) < 4.78 is 23.1. The van der Waals surface area contributed by atoms with E-state index in [2.05, 4.69) is 22.2 Å². The van der Waals surface area contributed by atoms with E-state index in [1.165, 1.54) is 18.7 Å². The van der Waals surface area contributed by atoms with Gasteiger partial charge in [-0.2, -0.15) is 0 Å². The number of nitrogens with one attached hydrogen (secondary N) is 1. The number of carbonyl (C=O) groups excluding carboxylic acids is 1. The SMILES string of the molecule is CCCSc1nc(Cl)c(N)c(N[C@@H]2C[C@H](OCCOC(C)=O)[C@H]3OC(C)(C)OC23)n1. The first kappa shape index (κ1) is 23.3. The Morgan fingerprint density at radius 3 is 2.77 bits per heavy atom. The Morgan fingerprint density at radius 1 is 1.33 bits per heavy atom. The second kappa shape index (κ2) is 9.86. The van der Waals surface area contributed by atoms with Crippen molar-refractivity contribution in [2.24, 2.45) is 0 Å². The van der Waals surface area contributed by atoms with Crippen LogP contribution in [0.25, 0.3) is 0 Å². The van der Waals surface area contributed by atoms with Gasteiger partial charge in [-0.25, -0.2) is 9.97 Å². The highest BCUT2D eigenvalue weighted by Gasteiger charge is 2.54. The lowest BCUT2D eigenvalue weighted by atomic mass is 10.2. The first-order chi connectivity index (χ1) is 14.2. The third kappa shape index (κ3) is 5.67. The molecule has 4 atom stereocenters. The number of hydrogen-bond donors (Lipinski definition) is 2. The molecule has 0 bridgehead atoms. The summed E-state index contributed by atoms with van der Waals surface area (Å²) in [5.41, 5.74) is 6.43. The van der Waals surface area contributed by atoms with Crippen molar-refractivity contribution in [2.45, 2.75) is 75.8 Å². The molecule has 1 unspecified atom stereocenters. The summed E-state index contributed by atoms with van der Waals surface area (Å²) in [6.45, 7) is 7.67. The number of nitrogens with two attached hydrogens (primary N) is 1. The monoisotopic (exact) mass is 460 g/mol. The molecule has 2 heterocycles. The Bertz CT molecular complexity index is 769. The van der Waals surface area contributed by atoms with Gasteiger partial charge < -0.3 is 30.0 Å². The highest BCUT2D eigenvalue weighted by Crippen LogP contribution is 2.41. The van der Waals surface area contributed by atoms with E-state index in [-0.39, 0.29) is 48.7 Å². The Balaban J connectivity index is 1.72. The minimum atomic E-state index is -0.732. The molecular weight excluding hydrogens is 432 g/mol. The predicted molar refractivity (Wildman–Crippen MR) is 115 cm³/mol. The molecule has 2 aliphatic rings. The summed E-state index contributed by atoms with van der Waals surface area (Å²) in [5.74, 6) is 0.296. The Hall–Kier alpha value is -1.33. The number of fused-ring (bicyclic) bond motifs is 1. The van der Waals surface area contributed by atoms with Gasteiger partial charge in [0.25, 0.3) is 0 Å². The lowest BCUT2D eigenvalue weighted by Gasteiger charge is -2.24. The van der Waals surface area contributed by atoms with E-state index in [0.29, 0.717) is 23.1 Å². The van der Waals surface area contributed by atoms with E-state index in [1.54, 1.807) is 0 Å². The van der Waals surface area contributed by atoms with Gasteiger partial charge in [-0.05, 0) is 26.7 Å². The van der Waals surface area contributed by atoms with Crippen molar-refractivity contribution in [3.8, 4) is 0 Å². The Labute approximate surface area is 185 Å². The molecule has 9 nitrogen and oxygen atoms in total. The average Bonchev–Trinajstić information content (AvgIpc) is 3.14. The van der Waals surface area contributed by atoms with Crippen LogP contribution in [0.4, 0.5) is 11.5 Å². The molecule has 30 heavy (non-hydrogen) atoms. The molecule has 3 rings (SSSR count). The van der Waals surface area contributed by atoms with Gasteiger partial charge in [0.2, 0.25) is 0 Å². The van der Waals surface area contributed by atoms with Crippen LogP contribution in [0.5, 0.6) is 0 Å². The second-order valence-electron chi connectivity index (χ2n) is 7.71. The molecule has 0 radical (unpaired) electrons. The fraction of sp³-hybridized carbons (Fsp3) is 0.737. The molecule has 1 aliphatic heterocycles.